The summed E-state index contributed by atoms with van der Waals surface area (Å²) in [5, 5.41) is 0. The molecule has 3 rings (SSSR count). The van der Waals surface area contributed by atoms with E-state index < -0.39 is 0 Å². The molecule has 0 amide bonds. The average molecular weight is 323 g/mol. The highest BCUT2D eigenvalue weighted by molar-refractivity contribution is 5.32. The second-order valence-electron chi connectivity index (χ2n) is 6.92. The third-order valence-electron chi connectivity index (χ3n) is 4.92. The van der Waals surface area contributed by atoms with E-state index in [0.29, 0.717) is 6.10 Å². The maximum Gasteiger partial charge on any atom is 0.108 e. The lowest BCUT2D eigenvalue weighted by Crippen LogP contribution is -2.35. The van der Waals surface area contributed by atoms with Crippen molar-refractivity contribution < 1.29 is 4.74 Å². The number of nitrogens with zero attached hydrogens (tertiary/aromatic N) is 1. The van der Waals surface area contributed by atoms with Crippen LogP contribution in [0.3, 0.4) is 0 Å². The van der Waals surface area contributed by atoms with E-state index in [1.54, 1.807) is 0 Å². The number of likely N-dealkylation sites (tertiary alicyclic amines) is 1. The third-order valence-corrected chi connectivity index (χ3v) is 4.92. The highest BCUT2D eigenvalue weighted by Gasteiger charge is 2.23. The fourth-order valence-electron chi connectivity index (χ4n) is 3.44. The van der Waals surface area contributed by atoms with E-state index in [1.165, 1.54) is 23.1 Å². The molecule has 1 fully saturated rings. The molecule has 0 radical (unpaired) electrons. The molecule has 2 aromatic carbocycles. The Hall–Kier alpha value is -1.64. The van der Waals surface area contributed by atoms with Gasteiger partial charge in [-0.3, -0.25) is 0 Å². The standard InChI is InChI=1S/C22H29NO/c1-3-7-18-10-12-20(13-11-18)22(19-8-5-4-6-9-19)24-21-14-16-23(2)17-15-21/h4-6,8-13,21-22H,3,7,14-17H2,1-2H3. The van der Waals surface area contributed by atoms with E-state index in [4.69, 9.17) is 4.74 Å². The maximum absolute atomic E-state index is 6.59. The number of aryl methyl sites for hydroxylation is 1. The van der Waals surface area contributed by atoms with E-state index in [0.717, 1.165) is 32.4 Å². The lowest BCUT2D eigenvalue weighted by atomic mass is 9.98. The molecule has 1 unspecified atom stereocenters. The first-order valence-electron chi connectivity index (χ1n) is 9.24. The van der Waals surface area contributed by atoms with Crippen molar-refractivity contribution in [2.45, 2.75) is 44.8 Å². The molecule has 1 aliphatic heterocycles. The molecule has 1 saturated heterocycles. The summed E-state index contributed by atoms with van der Waals surface area (Å²) in [7, 11) is 2.19. The van der Waals surface area contributed by atoms with E-state index in [1.807, 2.05) is 0 Å². The lowest BCUT2D eigenvalue weighted by Gasteiger charge is -2.32. The van der Waals surface area contributed by atoms with Gasteiger partial charge < -0.3 is 9.64 Å². The van der Waals surface area contributed by atoms with E-state index >= 15 is 0 Å². The van der Waals surface area contributed by atoms with Crippen LogP contribution in [0.2, 0.25) is 0 Å². The smallest absolute Gasteiger partial charge is 0.108 e. The Morgan fingerprint density at radius 3 is 2.21 bits per heavy atom. The first-order valence-corrected chi connectivity index (χ1v) is 9.24. The number of piperidine rings is 1. The van der Waals surface area contributed by atoms with Gasteiger partial charge in [-0.1, -0.05) is 67.9 Å². The summed E-state index contributed by atoms with van der Waals surface area (Å²) in [6.45, 7) is 4.48. The van der Waals surface area contributed by atoms with Crippen LogP contribution in [0.15, 0.2) is 54.6 Å². The van der Waals surface area contributed by atoms with Crippen LogP contribution in [0.1, 0.15) is 49.0 Å². The van der Waals surface area contributed by atoms with Crippen LogP contribution >= 0.6 is 0 Å². The zero-order valence-corrected chi connectivity index (χ0v) is 14.9. The molecule has 128 valence electrons. The quantitative estimate of drug-likeness (QED) is 0.754. The van der Waals surface area contributed by atoms with Crippen LogP contribution < -0.4 is 0 Å². The second kappa shape index (κ2) is 8.46. The summed E-state index contributed by atoms with van der Waals surface area (Å²) in [5.74, 6) is 0. The fraction of sp³-hybridized carbons (Fsp3) is 0.455. The van der Waals surface area contributed by atoms with Crippen LogP contribution in [0.25, 0.3) is 0 Å². The molecular formula is C22H29NO. The van der Waals surface area contributed by atoms with E-state index in [-0.39, 0.29) is 6.10 Å². The summed E-state index contributed by atoms with van der Waals surface area (Å²) >= 11 is 0. The maximum atomic E-state index is 6.59. The molecule has 0 bridgehead atoms. The second-order valence-corrected chi connectivity index (χ2v) is 6.92. The molecule has 0 aliphatic carbocycles. The predicted molar refractivity (Wildman–Crippen MR) is 100 cm³/mol. The molecule has 0 N–H and O–H groups in total. The van der Waals surface area contributed by atoms with Gasteiger partial charge in [0.1, 0.15) is 6.10 Å². The van der Waals surface area contributed by atoms with Crippen molar-refractivity contribution >= 4 is 0 Å². The zero-order chi connectivity index (χ0) is 16.8. The van der Waals surface area contributed by atoms with Gasteiger partial charge in [0.15, 0.2) is 0 Å². The summed E-state index contributed by atoms with van der Waals surface area (Å²) < 4.78 is 6.59. The van der Waals surface area contributed by atoms with Gasteiger partial charge >= 0.3 is 0 Å². The van der Waals surface area contributed by atoms with Crippen LogP contribution in [-0.2, 0) is 11.2 Å². The van der Waals surface area contributed by atoms with Crippen molar-refractivity contribution in [3.8, 4) is 0 Å². The first kappa shape index (κ1) is 17.2. The number of hydrogen-bond donors (Lipinski definition) is 0. The zero-order valence-electron chi connectivity index (χ0n) is 14.9. The normalized spacial score (nSPS) is 17.8. The largest absolute Gasteiger partial charge is 0.365 e. The Bertz CT molecular complexity index is 600. The Labute approximate surface area is 146 Å². The topological polar surface area (TPSA) is 12.5 Å². The van der Waals surface area contributed by atoms with Gasteiger partial charge in [-0.25, -0.2) is 0 Å². The number of hydrogen-bond acceptors (Lipinski definition) is 2. The van der Waals surface area contributed by atoms with Gasteiger partial charge in [-0.15, -0.1) is 0 Å². The van der Waals surface area contributed by atoms with Crippen molar-refractivity contribution in [2.24, 2.45) is 0 Å². The molecule has 1 aliphatic rings. The molecule has 0 spiro atoms. The first-order chi connectivity index (χ1) is 11.8. The lowest BCUT2D eigenvalue weighted by molar-refractivity contribution is -0.0234. The highest BCUT2D eigenvalue weighted by Crippen LogP contribution is 2.30. The Morgan fingerprint density at radius 2 is 1.58 bits per heavy atom. The van der Waals surface area contributed by atoms with Gasteiger partial charge in [0, 0.05) is 13.1 Å². The summed E-state index contributed by atoms with van der Waals surface area (Å²) in [6, 6.07) is 19.6. The van der Waals surface area contributed by atoms with Gasteiger partial charge in [-0.2, -0.15) is 0 Å². The minimum atomic E-state index is 0.0373. The van der Waals surface area contributed by atoms with Crippen molar-refractivity contribution in [1.82, 2.24) is 4.90 Å². The molecular weight excluding hydrogens is 294 g/mol. The highest BCUT2D eigenvalue weighted by atomic mass is 16.5. The third kappa shape index (κ3) is 4.46. The molecule has 0 saturated carbocycles. The van der Waals surface area contributed by atoms with Gasteiger partial charge in [-0.05, 0) is 43.0 Å². The van der Waals surface area contributed by atoms with Crippen LogP contribution in [0.5, 0.6) is 0 Å². The van der Waals surface area contributed by atoms with Crippen LogP contribution in [0, 0.1) is 0 Å². The fourth-order valence-corrected chi connectivity index (χ4v) is 3.44. The Balaban J connectivity index is 1.79. The van der Waals surface area contributed by atoms with Gasteiger partial charge in [0.05, 0.1) is 6.10 Å². The van der Waals surface area contributed by atoms with E-state index in [9.17, 15) is 0 Å². The van der Waals surface area contributed by atoms with Crippen molar-refractivity contribution in [3.63, 3.8) is 0 Å². The Kier molecular flexibility index (Phi) is 6.06. The SMILES string of the molecule is CCCc1ccc(C(OC2CCN(C)CC2)c2ccccc2)cc1. The van der Waals surface area contributed by atoms with Crippen LogP contribution in [0.4, 0.5) is 0 Å². The van der Waals surface area contributed by atoms with Crippen molar-refractivity contribution in [2.75, 3.05) is 20.1 Å². The molecule has 24 heavy (non-hydrogen) atoms. The molecule has 0 aromatic heterocycles. The molecule has 1 atom stereocenters. The minimum absolute atomic E-state index is 0.0373. The molecule has 1 heterocycles. The molecule has 2 heteroatoms. The number of rotatable bonds is 6. The van der Waals surface area contributed by atoms with E-state index in [2.05, 4.69) is 73.5 Å². The van der Waals surface area contributed by atoms with Crippen molar-refractivity contribution in [1.29, 1.82) is 0 Å². The number of benzene rings is 2. The summed E-state index contributed by atoms with van der Waals surface area (Å²) in [6.07, 6.45) is 4.96. The summed E-state index contributed by atoms with van der Waals surface area (Å²) in [4.78, 5) is 2.39. The van der Waals surface area contributed by atoms with Gasteiger partial charge in [0.25, 0.3) is 0 Å². The molecule has 2 aromatic rings. The minimum Gasteiger partial charge on any atom is -0.365 e. The monoisotopic (exact) mass is 323 g/mol. The number of ether oxygens (including phenoxy) is 1. The van der Waals surface area contributed by atoms with Crippen LogP contribution in [-0.4, -0.2) is 31.1 Å². The molecule has 2 nitrogen and oxygen atoms in total. The predicted octanol–water partition coefficient (Wildman–Crippen LogP) is 4.84. The van der Waals surface area contributed by atoms with Crippen molar-refractivity contribution in [3.05, 3.63) is 71.3 Å². The average Bonchev–Trinajstić information content (AvgIpc) is 2.63. The van der Waals surface area contributed by atoms with Gasteiger partial charge in [0.2, 0.25) is 0 Å². The Morgan fingerprint density at radius 1 is 0.958 bits per heavy atom. The summed E-state index contributed by atoms with van der Waals surface area (Å²) in [5.41, 5.74) is 3.92.